The predicted octanol–water partition coefficient (Wildman–Crippen LogP) is 1.18. The molecule has 0 heterocycles. The summed E-state index contributed by atoms with van der Waals surface area (Å²) >= 11 is -0.543. The Hall–Kier alpha value is 0.0182. The van der Waals surface area contributed by atoms with Crippen molar-refractivity contribution in [3.63, 3.8) is 0 Å². The Morgan fingerprint density at radius 1 is 0.533 bits per heavy atom. The van der Waals surface area contributed by atoms with Crippen LogP contribution in [-0.4, -0.2) is 19.8 Å². The first-order valence-electron chi connectivity index (χ1n) is 2.52. The largest absolute Gasteiger partial charge is 0 e. The minimum Gasteiger partial charge on any atom is 0 e. The van der Waals surface area contributed by atoms with Gasteiger partial charge in [-0.15, -0.1) is 0 Å². The van der Waals surface area contributed by atoms with E-state index in [0.717, 1.165) is 0 Å². The molecule has 0 aromatic carbocycles. The van der Waals surface area contributed by atoms with Gasteiger partial charge < -0.3 is 0 Å². The third-order valence-corrected chi connectivity index (χ3v) is 0. The Morgan fingerprint density at radius 2 is 0.533 bits per heavy atom. The van der Waals surface area contributed by atoms with Gasteiger partial charge in [0.05, 0.1) is 0 Å². The van der Waals surface area contributed by atoms with Crippen LogP contribution in [-0.2, 0) is 40.3 Å². The van der Waals surface area contributed by atoms with E-state index in [-0.39, 0.29) is 17.1 Å². The van der Waals surface area contributed by atoms with Crippen LogP contribution >= 0.6 is 0 Å². The van der Waals surface area contributed by atoms with Crippen LogP contribution in [0.15, 0.2) is 0 Å². The fourth-order valence-electron chi connectivity index (χ4n) is 0. The van der Waals surface area contributed by atoms with Crippen molar-refractivity contribution in [2.45, 2.75) is 14.8 Å². The van der Waals surface area contributed by atoms with Gasteiger partial charge in [0.25, 0.3) is 0 Å². The molecule has 0 saturated carbocycles. The van der Waals surface area contributed by atoms with Crippen LogP contribution in [0.2, 0.25) is 14.8 Å². The zero-order valence-electron chi connectivity index (χ0n) is 8.42. The van der Waals surface area contributed by atoms with Crippen LogP contribution in [0.25, 0.3) is 0 Å². The fraction of sp³-hybridized carbons (Fsp3) is 0.375. The Bertz CT molecular complexity index is 110. The molecule has 0 aromatic rings. The number of hydrogen-bond acceptors (Lipinski definition) is 0. The van der Waals surface area contributed by atoms with E-state index in [0.29, 0.717) is 0 Å². The number of hydrogen-bond donors (Lipinski definition) is 0. The van der Waals surface area contributed by atoms with E-state index in [1.807, 2.05) is 0 Å². The summed E-state index contributed by atoms with van der Waals surface area (Å²) in [5.41, 5.74) is 0. The topological polar surface area (TPSA) is 99.5 Å². The fourth-order valence-corrected chi connectivity index (χ4v) is 0. The van der Waals surface area contributed by atoms with Crippen molar-refractivity contribution in [1.82, 2.24) is 0 Å². The molecular formula is C8H9MnO5Sn. The maximum atomic E-state index is 7.50. The molecule has 5 nitrogen and oxygen atoms in total. The summed E-state index contributed by atoms with van der Waals surface area (Å²) in [6.45, 7) is 22.5. The summed E-state index contributed by atoms with van der Waals surface area (Å²) in [6, 6.07) is 0. The zero-order chi connectivity index (χ0) is 13.6. The van der Waals surface area contributed by atoms with E-state index in [1.54, 1.807) is 0 Å². The van der Waals surface area contributed by atoms with E-state index in [2.05, 4.69) is 48.1 Å². The average Bonchev–Trinajstić information content (AvgIpc) is 2.30. The molecule has 82 valence electrons. The van der Waals surface area contributed by atoms with Gasteiger partial charge in [-0.2, -0.15) is 0 Å². The van der Waals surface area contributed by atoms with Crippen LogP contribution < -0.4 is 0 Å². The zero-order valence-corrected chi connectivity index (χ0v) is 12.5. The van der Waals surface area contributed by atoms with Gasteiger partial charge in [-0.3, -0.25) is 0 Å². The van der Waals surface area contributed by atoms with Crippen molar-refractivity contribution in [3.05, 3.63) is 33.3 Å². The quantitative estimate of drug-likeness (QED) is 0.353. The van der Waals surface area contributed by atoms with Crippen molar-refractivity contribution >= 4 is 19.8 Å². The van der Waals surface area contributed by atoms with Crippen molar-refractivity contribution < 1.29 is 40.3 Å². The first-order valence-corrected chi connectivity index (χ1v) is 11.1. The molecule has 0 aliphatic rings. The minimum absolute atomic E-state index is 0. The molecule has 7 heteroatoms. The minimum atomic E-state index is -0.543. The molecule has 0 aliphatic carbocycles. The van der Waals surface area contributed by atoms with Gasteiger partial charge in [0.1, 0.15) is 0 Å². The Kier molecular flexibility index (Phi) is 798. The molecule has 0 saturated heterocycles. The Labute approximate surface area is 108 Å². The molecule has 0 aliphatic heterocycles. The molecule has 0 amide bonds. The molecule has 0 rings (SSSR count). The van der Waals surface area contributed by atoms with Gasteiger partial charge in [-0.25, -0.2) is 0 Å². The van der Waals surface area contributed by atoms with E-state index in [1.165, 1.54) is 0 Å². The monoisotopic (exact) mass is 360 g/mol. The van der Waals surface area contributed by atoms with E-state index >= 15 is 0 Å². The summed E-state index contributed by atoms with van der Waals surface area (Å²) in [4.78, 5) is 7.09. The van der Waals surface area contributed by atoms with Crippen LogP contribution in [0.1, 0.15) is 0 Å². The van der Waals surface area contributed by atoms with Crippen molar-refractivity contribution in [3.8, 4) is 0 Å². The third-order valence-electron chi connectivity index (χ3n) is 0. The van der Waals surface area contributed by atoms with E-state index in [9.17, 15) is 0 Å². The van der Waals surface area contributed by atoms with Gasteiger partial charge in [-0.05, 0) is 0 Å². The predicted molar refractivity (Wildman–Crippen MR) is 43.0 cm³/mol. The van der Waals surface area contributed by atoms with Crippen LogP contribution in [0.3, 0.4) is 0 Å². The Balaban J connectivity index is -0.0000000105. The van der Waals surface area contributed by atoms with Crippen LogP contribution in [0.4, 0.5) is 0 Å². The van der Waals surface area contributed by atoms with E-state index in [4.69, 9.17) is 23.3 Å². The molecule has 0 atom stereocenters. The average molecular weight is 359 g/mol. The second-order valence-electron chi connectivity index (χ2n) is 1.50. The molecule has 0 spiro atoms. The second kappa shape index (κ2) is 261. The van der Waals surface area contributed by atoms with Gasteiger partial charge >= 0.3 is 91.1 Å². The molecule has 0 N–H and O–H groups in total. The SMILES string of the molecule is [C-]#[O+].[C-]#[O+].[C-]#[O+].[C-]#[O+].[C-]#[O+].[CH3][Sn]([CH3])[CH3].[Mn]. The molecule has 2 radical (unpaired) electrons. The van der Waals surface area contributed by atoms with Gasteiger partial charge in [0.2, 0.25) is 0 Å². The van der Waals surface area contributed by atoms with Crippen molar-refractivity contribution in [2.24, 2.45) is 0 Å². The van der Waals surface area contributed by atoms with Crippen molar-refractivity contribution in [1.29, 1.82) is 0 Å². The first-order chi connectivity index (χ1) is 6.73. The van der Waals surface area contributed by atoms with Crippen LogP contribution in [0, 0.1) is 33.3 Å². The first kappa shape index (κ1) is 45.9. The molecule has 0 aromatic heterocycles. The second-order valence-corrected chi connectivity index (χ2v) is 10.1. The van der Waals surface area contributed by atoms with Crippen LogP contribution in [0.5, 0.6) is 0 Å². The molecule has 0 bridgehead atoms. The summed E-state index contributed by atoms with van der Waals surface area (Å²) in [5, 5.41) is 0. The molecule has 15 heavy (non-hydrogen) atoms. The van der Waals surface area contributed by atoms with Gasteiger partial charge in [0, 0.05) is 17.1 Å². The van der Waals surface area contributed by atoms with Crippen molar-refractivity contribution in [2.75, 3.05) is 0 Å². The summed E-state index contributed by atoms with van der Waals surface area (Å²) < 4.78 is 37.5. The van der Waals surface area contributed by atoms with Gasteiger partial charge in [-0.1, -0.05) is 0 Å². The maximum Gasteiger partial charge on any atom is 0 e. The molecular weight excluding hydrogens is 350 g/mol. The molecule has 0 fully saturated rings. The van der Waals surface area contributed by atoms with E-state index < -0.39 is 19.8 Å². The number of rotatable bonds is 0. The molecule has 0 unspecified atom stereocenters. The Morgan fingerprint density at radius 3 is 0.533 bits per heavy atom. The normalized spacial score (nSPS) is 3.07. The third kappa shape index (κ3) is 6120000. The smallest absolute Gasteiger partial charge is 0 e. The summed E-state index contributed by atoms with van der Waals surface area (Å²) in [5.74, 6) is 0. The summed E-state index contributed by atoms with van der Waals surface area (Å²) in [6.07, 6.45) is 0. The van der Waals surface area contributed by atoms with Gasteiger partial charge in [0.15, 0.2) is 0 Å². The summed E-state index contributed by atoms with van der Waals surface area (Å²) in [7, 11) is 0. The maximum absolute atomic E-state index is 7.50. The standard InChI is InChI=1S/5CO.3CH3.Mn.Sn/c5*1-2;;;;;/h;;;;;3*1H3;;.